The minimum Gasteiger partial charge on any atom is -0.478 e. The van der Waals surface area contributed by atoms with Gasteiger partial charge in [-0.15, -0.1) is 0 Å². The third kappa shape index (κ3) is 36.5. The number of carboxylic acids is 1. The van der Waals surface area contributed by atoms with E-state index in [9.17, 15) is 84.1 Å². The average molecular weight is 1270 g/mol. The van der Waals surface area contributed by atoms with Crippen LogP contribution in [-0.2, 0) is 28.9 Å². The van der Waals surface area contributed by atoms with Gasteiger partial charge in [-0.05, 0) is 58.3 Å². The SMILES string of the molecule is C\C(=C/C=C/C=C/CC/C=C/C(C)C(O)C(C)C(O)/C=C/C=C/C=C/C=C/C=C/C=C\C(OS(=O)(=O)O)C(C)C1(C(O)CC(O)/C=C/CC(O)CC(O)CC(O)/C=C/CC(O)CC(O)C(O)C(O)CC(O)CC(O)CCCN=C(N)N)OCCO1)C(=O)O. The predicted molar refractivity (Wildman–Crippen MR) is 335 cm³/mol. The van der Waals surface area contributed by atoms with E-state index in [0.29, 0.717) is 6.42 Å². The quantitative estimate of drug-likeness (QED) is 0.00792. The number of aliphatic hydroxyl groups excluding tert-OH is 13. The van der Waals surface area contributed by atoms with Crippen molar-refractivity contribution in [2.45, 2.75) is 196 Å². The lowest BCUT2D eigenvalue weighted by atomic mass is 9.87. The molecule has 0 radical (unpaired) electrons. The molecule has 17 unspecified atom stereocenters. The van der Waals surface area contributed by atoms with Crippen molar-refractivity contribution in [3.05, 3.63) is 145 Å². The van der Waals surface area contributed by atoms with Crippen LogP contribution in [0.5, 0.6) is 0 Å². The van der Waals surface area contributed by atoms with Crippen molar-refractivity contribution in [3.8, 4) is 0 Å². The van der Waals surface area contributed by atoms with Crippen LogP contribution in [0, 0.1) is 17.8 Å². The molecular weight excluding hydrogens is 1170 g/mol. The van der Waals surface area contributed by atoms with Crippen molar-refractivity contribution in [1.29, 1.82) is 0 Å². The van der Waals surface area contributed by atoms with Crippen LogP contribution in [0.2, 0.25) is 0 Å². The number of hydrogen-bond acceptors (Lipinski definition) is 20. The van der Waals surface area contributed by atoms with E-state index in [1.54, 1.807) is 79.8 Å². The van der Waals surface area contributed by atoms with Crippen LogP contribution in [0.4, 0.5) is 0 Å². The second-order valence-electron chi connectivity index (χ2n) is 21.9. The zero-order chi connectivity index (χ0) is 66.2. The number of aliphatic imine (C=N–C) groups is 1. The van der Waals surface area contributed by atoms with Crippen LogP contribution in [0.3, 0.4) is 0 Å². The highest BCUT2D eigenvalue weighted by atomic mass is 32.3. The minimum atomic E-state index is -5.03. The molecule has 0 aromatic heterocycles. The summed E-state index contributed by atoms with van der Waals surface area (Å²) in [6, 6.07) is 0. The van der Waals surface area contributed by atoms with Crippen LogP contribution in [-0.4, -0.2) is 207 Å². The second kappa shape index (κ2) is 45.2. The zero-order valence-electron chi connectivity index (χ0n) is 50.9. The molecule has 1 saturated heterocycles. The van der Waals surface area contributed by atoms with Gasteiger partial charge in [0.15, 0.2) is 11.7 Å². The standard InChI is InChI=1S/C63H101N3O21S/c1-43(25-18-14-10-9-11-15-19-26-44(2)61(80)81)59(78)45(3)54(74)32-20-16-12-7-5-6-8-13-17-21-33-57(87-88(82,83)84)46(4)63(85-35-36-86-63)58(77)42-51(71)30-23-28-48(68)38-52(72)37-47(67)27-22-29-50(70)40-55(75)60(79)56(76)41-53(73)39-49(69)31-24-34-66-62(64)65/h5-9,11-13,15-23,25-27,30,32-33,43,45-60,67-79H,10,14,24,28-29,31,34-42H2,1-4H3,(H,80,81)(H4,64,65,66)(H,82,83,84)/b7-5+,8-6+,11-9+,16-12+,17-13+,19-15+,25-18+,27-22+,30-23+,32-20+,33-21-,44-26+. The maximum Gasteiger partial charge on any atom is 0.397 e. The summed E-state index contributed by atoms with van der Waals surface area (Å²) < 4.78 is 50.1. The first-order valence-electron chi connectivity index (χ1n) is 29.6. The Kier molecular flexibility index (Phi) is 41.5. The number of nitrogens with two attached hydrogens (primary N) is 2. The lowest BCUT2D eigenvalue weighted by Crippen LogP contribution is -2.54. The number of carboxylic acid groups (broad SMARTS) is 1. The molecule has 0 amide bonds. The Bertz CT molecular complexity index is 2460. The molecule has 19 N–H and O–H groups in total. The molecule has 1 aliphatic heterocycles. The Labute approximate surface area is 518 Å². The van der Waals surface area contributed by atoms with E-state index in [0.717, 1.165) is 12.8 Å². The monoisotopic (exact) mass is 1270 g/mol. The van der Waals surface area contributed by atoms with Gasteiger partial charge in [0.25, 0.3) is 0 Å². The van der Waals surface area contributed by atoms with E-state index in [-0.39, 0.29) is 95.0 Å². The van der Waals surface area contributed by atoms with Gasteiger partial charge in [-0.25, -0.2) is 8.98 Å². The van der Waals surface area contributed by atoms with Crippen LogP contribution in [0.1, 0.15) is 105 Å². The van der Waals surface area contributed by atoms with Crippen LogP contribution in [0.15, 0.2) is 150 Å². The Morgan fingerprint density at radius 3 is 1.62 bits per heavy atom. The fraction of sp³-hybridized carbons (Fsp3) is 0.587. The van der Waals surface area contributed by atoms with E-state index in [2.05, 4.69) is 4.99 Å². The van der Waals surface area contributed by atoms with Crippen molar-refractivity contribution in [2.24, 2.45) is 34.2 Å². The molecule has 24 nitrogen and oxygen atoms in total. The highest BCUT2D eigenvalue weighted by Gasteiger charge is 2.52. The largest absolute Gasteiger partial charge is 0.478 e. The molecule has 0 aromatic rings. The van der Waals surface area contributed by atoms with Gasteiger partial charge in [0.05, 0.1) is 80.4 Å². The molecule has 500 valence electrons. The van der Waals surface area contributed by atoms with Gasteiger partial charge in [-0.2, -0.15) is 8.42 Å². The van der Waals surface area contributed by atoms with Crippen molar-refractivity contribution in [2.75, 3.05) is 19.8 Å². The molecule has 0 aromatic carbocycles. The van der Waals surface area contributed by atoms with Crippen LogP contribution >= 0.6 is 0 Å². The smallest absolute Gasteiger partial charge is 0.397 e. The first-order chi connectivity index (χ1) is 41.5. The summed E-state index contributed by atoms with van der Waals surface area (Å²) in [6.45, 7) is 6.91. The normalized spacial score (nSPS) is 20.9. The summed E-state index contributed by atoms with van der Waals surface area (Å²) in [4.78, 5) is 14.6. The highest BCUT2D eigenvalue weighted by molar-refractivity contribution is 7.80. The number of allylic oxidation sites excluding steroid dienone is 16. The van der Waals surface area contributed by atoms with Crippen LogP contribution < -0.4 is 11.5 Å². The maximum atomic E-state index is 11.9. The fourth-order valence-electron chi connectivity index (χ4n) is 9.08. The van der Waals surface area contributed by atoms with Crippen molar-refractivity contribution in [3.63, 3.8) is 0 Å². The number of rotatable bonds is 46. The van der Waals surface area contributed by atoms with E-state index < -0.39 is 119 Å². The molecule has 1 aliphatic rings. The fourth-order valence-corrected chi connectivity index (χ4v) is 9.59. The van der Waals surface area contributed by atoms with Gasteiger partial charge in [-0.1, -0.05) is 161 Å². The molecule has 0 spiro atoms. The summed E-state index contributed by atoms with van der Waals surface area (Å²) in [6.07, 6.45) is 20.3. The molecule has 1 rings (SSSR count). The van der Waals surface area contributed by atoms with Crippen LogP contribution in [0.25, 0.3) is 0 Å². The maximum absolute atomic E-state index is 11.9. The molecular formula is C63H101N3O21S. The Hall–Kier alpha value is -5.11. The molecule has 1 fully saturated rings. The molecule has 0 aliphatic carbocycles. The molecule has 0 bridgehead atoms. The van der Waals surface area contributed by atoms with E-state index in [4.69, 9.17) is 30.2 Å². The number of hydrogen-bond donors (Lipinski definition) is 17. The number of guanidine groups is 1. The molecule has 25 heteroatoms. The number of unbranched alkanes of at least 4 members (excludes halogenated alkanes) is 1. The number of aliphatic hydroxyl groups is 13. The van der Waals surface area contributed by atoms with Gasteiger partial charge in [0.2, 0.25) is 0 Å². The third-order valence-corrected chi connectivity index (χ3v) is 14.6. The summed E-state index contributed by atoms with van der Waals surface area (Å²) in [5.74, 6) is -4.68. The number of nitrogens with zero attached hydrogens (tertiary/aromatic N) is 1. The molecule has 17 atom stereocenters. The predicted octanol–water partition coefficient (Wildman–Crippen LogP) is 2.62. The van der Waals surface area contributed by atoms with Gasteiger partial charge in [0.1, 0.15) is 18.3 Å². The third-order valence-electron chi connectivity index (χ3n) is 14.2. The van der Waals surface area contributed by atoms with Gasteiger partial charge < -0.3 is 92.4 Å². The van der Waals surface area contributed by atoms with E-state index >= 15 is 0 Å². The Morgan fingerprint density at radius 1 is 0.580 bits per heavy atom. The number of aliphatic carboxylic acids is 1. The highest BCUT2D eigenvalue weighted by Crippen LogP contribution is 2.38. The Balaban J connectivity index is 2.66. The van der Waals surface area contributed by atoms with Crippen molar-refractivity contribution < 1.29 is 103 Å². The van der Waals surface area contributed by atoms with E-state index in [1.165, 1.54) is 56.4 Å². The summed E-state index contributed by atoms with van der Waals surface area (Å²) >= 11 is 0. The first-order valence-corrected chi connectivity index (χ1v) is 30.9. The number of carbonyl (C=O) groups is 1. The topological polar surface area (TPSA) is 447 Å². The van der Waals surface area contributed by atoms with Gasteiger partial charge in [0, 0.05) is 55.6 Å². The van der Waals surface area contributed by atoms with Gasteiger partial charge >= 0.3 is 16.4 Å². The average Bonchev–Trinajstić information content (AvgIpc) is 2.86. The lowest BCUT2D eigenvalue weighted by molar-refractivity contribution is -0.261. The lowest BCUT2D eigenvalue weighted by Gasteiger charge is -2.40. The Morgan fingerprint density at radius 2 is 1.07 bits per heavy atom. The van der Waals surface area contributed by atoms with Gasteiger partial charge in [-0.3, -0.25) is 9.55 Å². The van der Waals surface area contributed by atoms with Crippen molar-refractivity contribution >= 4 is 22.3 Å². The summed E-state index contributed by atoms with van der Waals surface area (Å²) in [7, 11) is -5.03. The number of ether oxygens (including phenoxy) is 2. The molecule has 0 saturated carbocycles. The van der Waals surface area contributed by atoms with E-state index in [1.807, 2.05) is 31.2 Å². The minimum absolute atomic E-state index is 0.00118. The summed E-state index contributed by atoms with van der Waals surface area (Å²) in [5.41, 5.74) is 10.8. The van der Waals surface area contributed by atoms with Crippen molar-refractivity contribution in [1.82, 2.24) is 0 Å². The first kappa shape index (κ1) is 80.9. The second-order valence-corrected chi connectivity index (χ2v) is 23.0. The molecule has 88 heavy (non-hydrogen) atoms. The zero-order valence-corrected chi connectivity index (χ0v) is 51.7. The molecule has 1 heterocycles. The summed E-state index contributed by atoms with van der Waals surface area (Å²) in [5, 5.41) is 146.